The predicted molar refractivity (Wildman–Crippen MR) is 81.4 cm³/mol. The van der Waals surface area contributed by atoms with Gasteiger partial charge < -0.3 is 16.8 Å². The first-order valence-corrected chi connectivity index (χ1v) is 6.90. The van der Waals surface area contributed by atoms with E-state index in [1.54, 1.807) is 18.2 Å². The molecule has 100 valence electrons. The topological polar surface area (TPSA) is 89.3 Å². The minimum Gasteiger partial charge on any atom is -0.379 e. The molecule has 5 nitrogen and oxygen atoms in total. The fraction of sp³-hybridized carbons (Fsp3) is 0.0909. The van der Waals surface area contributed by atoms with Crippen LogP contribution in [0.15, 0.2) is 28.6 Å². The van der Waals surface area contributed by atoms with Crippen LogP contribution in [0.4, 0.5) is 10.8 Å². The molecule has 0 bridgehead atoms. The molecule has 1 heterocycles. The number of guanidine groups is 1. The minimum atomic E-state index is -0.00418. The monoisotopic (exact) mass is 315 g/mol. The van der Waals surface area contributed by atoms with Crippen LogP contribution in [0.25, 0.3) is 0 Å². The molecule has 0 amide bonds. The molecule has 2 aromatic rings. The highest BCUT2D eigenvalue weighted by molar-refractivity contribution is 7.13. The third-order valence-corrected chi connectivity index (χ3v) is 3.32. The predicted octanol–water partition coefficient (Wildman–Crippen LogP) is 2.97. The molecule has 19 heavy (non-hydrogen) atoms. The quantitative estimate of drug-likeness (QED) is 0.597. The lowest BCUT2D eigenvalue weighted by molar-refractivity contribution is 1.07. The van der Waals surface area contributed by atoms with Crippen molar-refractivity contribution < 1.29 is 0 Å². The summed E-state index contributed by atoms with van der Waals surface area (Å²) < 4.78 is 0. The van der Waals surface area contributed by atoms with E-state index in [0.29, 0.717) is 21.7 Å². The zero-order valence-corrected chi connectivity index (χ0v) is 12.1. The second kappa shape index (κ2) is 6.10. The van der Waals surface area contributed by atoms with Crippen LogP contribution in [0.5, 0.6) is 0 Å². The van der Waals surface area contributed by atoms with Gasteiger partial charge in [-0.05, 0) is 18.2 Å². The number of hydrogen-bond donors (Lipinski definition) is 3. The average molecular weight is 316 g/mol. The Morgan fingerprint density at radius 1 is 1.26 bits per heavy atom. The molecule has 0 unspecified atom stereocenters. The summed E-state index contributed by atoms with van der Waals surface area (Å²) in [6.07, 6.45) is 0. The molecule has 0 saturated heterocycles. The van der Waals surface area contributed by atoms with E-state index < -0.39 is 0 Å². The van der Waals surface area contributed by atoms with Crippen molar-refractivity contribution in [2.24, 2.45) is 16.5 Å². The highest BCUT2D eigenvalue weighted by Crippen LogP contribution is 2.24. The Labute approximate surface area is 124 Å². The molecular weight excluding hydrogens is 305 g/mol. The van der Waals surface area contributed by atoms with Crippen LogP contribution in [0, 0.1) is 0 Å². The van der Waals surface area contributed by atoms with Crippen molar-refractivity contribution in [2.45, 2.75) is 6.54 Å². The lowest BCUT2D eigenvalue weighted by atomic mass is 10.3. The maximum Gasteiger partial charge on any atom is 0.212 e. The number of nitrogens with two attached hydrogens (primary N) is 2. The van der Waals surface area contributed by atoms with Gasteiger partial charge in [0.2, 0.25) is 5.13 Å². The molecule has 0 saturated carbocycles. The summed E-state index contributed by atoms with van der Waals surface area (Å²) in [5.74, 6) is -0.00418. The summed E-state index contributed by atoms with van der Waals surface area (Å²) in [6.45, 7) is 0.535. The number of anilines is 1. The van der Waals surface area contributed by atoms with Gasteiger partial charge in [-0.15, -0.1) is 11.3 Å². The Bertz CT molecular complexity index is 587. The van der Waals surface area contributed by atoms with Crippen molar-refractivity contribution >= 4 is 51.3 Å². The molecule has 1 aromatic heterocycles. The van der Waals surface area contributed by atoms with Crippen molar-refractivity contribution in [1.82, 2.24) is 4.98 Å². The summed E-state index contributed by atoms with van der Waals surface area (Å²) in [4.78, 5) is 8.13. The SMILES string of the molecule is NC(N)=Nc1nc(CNc2cc(Cl)cc(Cl)c2)cs1. The van der Waals surface area contributed by atoms with Crippen LogP contribution in [0.3, 0.4) is 0 Å². The van der Waals surface area contributed by atoms with E-state index in [1.165, 1.54) is 11.3 Å². The number of aliphatic imine (C=N–C) groups is 1. The molecule has 1 aromatic carbocycles. The normalized spacial score (nSPS) is 10.2. The lowest BCUT2D eigenvalue weighted by Crippen LogP contribution is -2.21. The molecule has 0 aliphatic carbocycles. The van der Waals surface area contributed by atoms with Gasteiger partial charge in [0.05, 0.1) is 12.2 Å². The third kappa shape index (κ3) is 4.27. The zero-order chi connectivity index (χ0) is 13.8. The van der Waals surface area contributed by atoms with Gasteiger partial charge in [0.1, 0.15) is 0 Å². The molecule has 0 radical (unpaired) electrons. The lowest BCUT2D eigenvalue weighted by Gasteiger charge is -2.05. The fourth-order valence-corrected chi connectivity index (χ4v) is 2.62. The van der Waals surface area contributed by atoms with Gasteiger partial charge in [-0.2, -0.15) is 4.99 Å². The zero-order valence-electron chi connectivity index (χ0n) is 9.73. The first-order valence-electron chi connectivity index (χ1n) is 5.27. The first kappa shape index (κ1) is 13.9. The molecule has 8 heteroatoms. The van der Waals surface area contributed by atoms with Crippen LogP contribution in [0.1, 0.15) is 5.69 Å². The van der Waals surface area contributed by atoms with Crippen LogP contribution in [-0.2, 0) is 6.54 Å². The molecule has 0 aliphatic heterocycles. The van der Waals surface area contributed by atoms with E-state index in [9.17, 15) is 0 Å². The van der Waals surface area contributed by atoms with Crippen molar-refractivity contribution in [3.63, 3.8) is 0 Å². The Morgan fingerprint density at radius 2 is 1.95 bits per heavy atom. The van der Waals surface area contributed by atoms with Gasteiger partial charge >= 0.3 is 0 Å². The van der Waals surface area contributed by atoms with E-state index >= 15 is 0 Å². The van der Waals surface area contributed by atoms with Gasteiger partial charge in [-0.1, -0.05) is 23.2 Å². The van der Waals surface area contributed by atoms with Crippen molar-refractivity contribution in [3.05, 3.63) is 39.3 Å². The Hall–Kier alpha value is -1.50. The summed E-state index contributed by atoms with van der Waals surface area (Å²) in [7, 11) is 0. The first-order chi connectivity index (χ1) is 9.02. The summed E-state index contributed by atoms with van der Waals surface area (Å²) in [5, 5.41) is 6.73. The highest BCUT2D eigenvalue weighted by atomic mass is 35.5. The largest absolute Gasteiger partial charge is 0.379 e. The van der Waals surface area contributed by atoms with E-state index in [4.69, 9.17) is 34.7 Å². The average Bonchev–Trinajstić information content (AvgIpc) is 2.72. The number of hydrogen-bond acceptors (Lipinski definition) is 4. The van der Waals surface area contributed by atoms with Crippen molar-refractivity contribution in [2.75, 3.05) is 5.32 Å². The Balaban J connectivity index is 2.02. The number of nitrogens with zero attached hydrogens (tertiary/aromatic N) is 2. The third-order valence-electron chi connectivity index (χ3n) is 2.10. The minimum absolute atomic E-state index is 0.00418. The van der Waals surface area contributed by atoms with Gasteiger partial charge in [-0.3, -0.25) is 0 Å². The number of aromatic nitrogens is 1. The molecule has 5 N–H and O–H groups in total. The van der Waals surface area contributed by atoms with Crippen molar-refractivity contribution in [1.29, 1.82) is 0 Å². The number of thiazole rings is 1. The highest BCUT2D eigenvalue weighted by Gasteiger charge is 2.02. The molecule has 0 atom stereocenters. The van der Waals surface area contributed by atoms with Crippen LogP contribution in [0.2, 0.25) is 10.0 Å². The summed E-state index contributed by atoms with van der Waals surface area (Å²) in [6, 6.07) is 5.25. The van der Waals surface area contributed by atoms with Crippen molar-refractivity contribution in [3.8, 4) is 0 Å². The standard InChI is InChI=1S/C11H11Cl2N5S/c12-6-1-7(13)3-8(2-6)16-4-9-5-19-11(17-9)18-10(14)15/h1-3,5,16H,4H2,(H4,14,15,17,18). The molecule has 0 spiro atoms. The number of rotatable bonds is 4. The second-order valence-electron chi connectivity index (χ2n) is 3.67. The summed E-state index contributed by atoms with van der Waals surface area (Å²) in [5.41, 5.74) is 12.2. The Morgan fingerprint density at radius 3 is 2.58 bits per heavy atom. The Kier molecular flexibility index (Phi) is 4.47. The van der Waals surface area contributed by atoms with Crippen LogP contribution >= 0.6 is 34.5 Å². The second-order valence-corrected chi connectivity index (χ2v) is 5.38. The van der Waals surface area contributed by atoms with Gasteiger partial charge in [-0.25, -0.2) is 4.98 Å². The van der Waals surface area contributed by atoms with Crippen LogP contribution < -0.4 is 16.8 Å². The molecule has 2 rings (SSSR count). The van der Waals surface area contributed by atoms with Gasteiger partial charge in [0, 0.05) is 21.1 Å². The fourth-order valence-electron chi connectivity index (χ4n) is 1.39. The van der Waals surface area contributed by atoms with Gasteiger partial charge in [0.25, 0.3) is 0 Å². The number of halogens is 2. The van der Waals surface area contributed by atoms with Gasteiger partial charge in [0.15, 0.2) is 5.96 Å². The maximum atomic E-state index is 5.91. The van der Waals surface area contributed by atoms with E-state index in [2.05, 4.69) is 15.3 Å². The smallest absolute Gasteiger partial charge is 0.212 e. The molecule has 0 aliphatic rings. The number of benzene rings is 1. The molecule has 0 fully saturated rings. The van der Waals surface area contributed by atoms with Crippen LogP contribution in [-0.4, -0.2) is 10.9 Å². The van der Waals surface area contributed by atoms with E-state index in [0.717, 1.165) is 11.4 Å². The maximum absolute atomic E-state index is 5.91. The molecular formula is C11H11Cl2N5S. The van der Waals surface area contributed by atoms with E-state index in [1.807, 2.05) is 5.38 Å². The van der Waals surface area contributed by atoms with E-state index in [-0.39, 0.29) is 5.96 Å². The number of nitrogens with one attached hydrogen (secondary N) is 1. The summed E-state index contributed by atoms with van der Waals surface area (Å²) >= 11 is 13.2.